The minimum Gasteiger partial charge on any atom is -0.329 e. The van der Waals surface area contributed by atoms with Gasteiger partial charge in [0.15, 0.2) is 0 Å². The molecule has 0 aromatic heterocycles. The highest BCUT2D eigenvalue weighted by atomic mass is 15.2. The Kier molecular flexibility index (Phi) is 3.83. The molecule has 2 unspecified atom stereocenters. The normalized spacial score (nSPS) is 32.6. The summed E-state index contributed by atoms with van der Waals surface area (Å²) >= 11 is 0. The molecule has 1 saturated carbocycles. The number of nitrogens with zero attached hydrogens (tertiary/aromatic N) is 1. The average Bonchev–Trinajstić information content (AvgIpc) is 2.59. The number of hydrogen-bond acceptors (Lipinski definition) is 2. The van der Waals surface area contributed by atoms with Crippen molar-refractivity contribution in [1.82, 2.24) is 4.90 Å². The van der Waals surface area contributed by atoms with Crippen LogP contribution < -0.4 is 5.73 Å². The second-order valence-electron chi connectivity index (χ2n) is 5.83. The highest BCUT2D eigenvalue weighted by Crippen LogP contribution is 2.42. The monoisotopic (exact) mass is 212 g/mol. The summed E-state index contributed by atoms with van der Waals surface area (Å²) in [4.78, 5) is 2.55. The van der Waals surface area contributed by atoms with E-state index in [1.54, 1.807) is 0 Å². The molecule has 0 spiro atoms. The van der Waals surface area contributed by atoms with E-state index in [2.05, 4.69) is 39.6 Å². The third-order valence-corrected chi connectivity index (χ3v) is 4.96. The van der Waals surface area contributed by atoms with Crippen molar-refractivity contribution in [2.75, 3.05) is 13.6 Å². The Hall–Kier alpha value is -0.0800. The third-order valence-electron chi connectivity index (χ3n) is 4.96. The van der Waals surface area contributed by atoms with Crippen LogP contribution in [0.5, 0.6) is 0 Å². The largest absolute Gasteiger partial charge is 0.329 e. The van der Waals surface area contributed by atoms with Gasteiger partial charge < -0.3 is 5.73 Å². The molecule has 2 nitrogen and oxygen atoms in total. The molecule has 0 radical (unpaired) electrons. The Morgan fingerprint density at radius 2 is 2.07 bits per heavy atom. The predicted octanol–water partition coefficient (Wildman–Crippen LogP) is 2.62. The molecule has 90 valence electrons. The van der Waals surface area contributed by atoms with Crippen LogP contribution in [-0.4, -0.2) is 29.6 Å². The van der Waals surface area contributed by atoms with Crippen molar-refractivity contribution < 1.29 is 0 Å². The Labute approximate surface area is 95.2 Å². The maximum Gasteiger partial charge on any atom is 0.0359 e. The van der Waals surface area contributed by atoms with Crippen LogP contribution in [0.15, 0.2) is 0 Å². The van der Waals surface area contributed by atoms with E-state index in [0.717, 1.165) is 12.5 Å². The lowest BCUT2D eigenvalue weighted by molar-refractivity contribution is 0.00242. The molecule has 0 aliphatic heterocycles. The van der Waals surface area contributed by atoms with E-state index in [0.29, 0.717) is 0 Å². The molecular weight excluding hydrogens is 184 g/mol. The quantitative estimate of drug-likeness (QED) is 0.776. The zero-order valence-corrected chi connectivity index (χ0v) is 11.1. The van der Waals surface area contributed by atoms with Gasteiger partial charge in [0.1, 0.15) is 0 Å². The summed E-state index contributed by atoms with van der Waals surface area (Å²) in [7, 11) is 2.26. The molecule has 0 heterocycles. The van der Waals surface area contributed by atoms with E-state index in [1.807, 2.05) is 0 Å². The summed E-state index contributed by atoms with van der Waals surface area (Å²) in [6.07, 6.45) is 5.12. The first-order valence-electron chi connectivity index (χ1n) is 6.34. The van der Waals surface area contributed by atoms with Crippen molar-refractivity contribution in [3.63, 3.8) is 0 Å². The predicted molar refractivity (Wildman–Crippen MR) is 66.9 cm³/mol. The zero-order chi connectivity index (χ0) is 11.7. The third kappa shape index (κ3) is 2.07. The summed E-state index contributed by atoms with van der Waals surface area (Å²) < 4.78 is 0. The number of nitrogens with two attached hydrogens (primary N) is 1. The SMILES string of the molecule is CCC(C)(C)N(C)C1(CN)CCCC1C. The molecule has 0 bridgehead atoms. The molecule has 2 heteroatoms. The van der Waals surface area contributed by atoms with Gasteiger partial charge in [-0.15, -0.1) is 0 Å². The fourth-order valence-corrected chi connectivity index (χ4v) is 3.01. The van der Waals surface area contributed by atoms with Gasteiger partial charge in [0.25, 0.3) is 0 Å². The molecule has 1 aliphatic carbocycles. The van der Waals surface area contributed by atoms with Gasteiger partial charge in [-0.05, 0) is 46.1 Å². The first kappa shape index (κ1) is 13.0. The summed E-state index contributed by atoms with van der Waals surface area (Å²) in [5.41, 5.74) is 6.58. The van der Waals surface area contributed by atoms with E-state index in [-0.39, 0.29) is 11.1 Å². The molecule has 0 amide bonds. The highest BCUT2D eigenvalue weighted by Gasteiger charge is 2.46. The summed E-state index contributed by atoms with van der Waals surface area (Å²) in [5, 5.41) is 0. The Morgan fingerprint density at radius 1 is 1.47 bits per heavy atom. The summed E-state index contributed by atoms with van der Waals surface area (Å²) in [5.74, 6) is 0.735. The van der Waals surface area contributed by atoms with Gasteiger partial charge in [0.05, 0.1) is 0 Å². The van der Waals surface area contributed by atoms with Crippen molar-refractivity contribution in [1.29, 1.82) is 0 Å². The van der Waals surface area contributed by atoms with Crippen molar-refractivity contribution in [3.05, 3.63) is 0 Å². The van der Waals surface area contributed by atoms with E-state index in [1.165, 1.54) is 25.7 Å². The lowest BCUT2D eigenvalue weighted by Crippen LogP contribution is -2.61. The zero-order valence-electron chi connectivity index (χ0n) is 11.1. The average molecular weight is 212 g/mol. The van der Waals surface area contributed by atoms with E-state index >= 15 is 0 Å². The van der Waals surface area contributed by atoms with Crippen molar-refractivity contribution in [2.24, 2.45) is 11.7 Å². The van der Waals surface area contributed by atoms with Crippen LogP contribution in [0.4, 0.5) is 0 Å². The van der Waals surface area contributed by atoms with Crippen LogP contribution in [0.1, 0.15) is 53.4 Å². The van der Waals surface area contributed by atoms with Crippen LogP contribution in [0, 0.1) is 5.92 Å². The second-order valence-corrected chi connectivity index (χ2v) is 5.83. The lowest BCUT2D eigenvalue weighted by atomic mass is 9.82. The molecule has 1 rings (SSSR count). The Morgan fingerprint density at radius 3 is 2.40 bits per heavy atom. The van der Waals surface area contributed by atoms with Gasteiger partial charge in [-0.1, -0.05) is 20.3 Å². The molecule has 1 aliphatic rings. The van der Waals surface area contributed by atoms with Crippen LogP contribution >= 0.6 is 0 Å². The molecule has 2 atom stereocenters. The van der Waals surface area contributed by atoms with E-state index in [4.69, 9.17) is 5.73 Å². The van der Waals surface area contributed by atoms with Crippen LogP contribution in [0.2, 0.25) is 0 Å². The van der Waals surface area contributed by atoms with Gasteiger partial charge in [-0.25, -0.2) is 0 Å². The van der Waals surface area contributed by atoms with E-state index in [9.17, 15) is 0 Å². The molecule has 0 saturated heterocycles. The number of hydrogen-bond donors (Lipinski definition) is 1. The minimum absolute atomic E-state index is 0.250. The summed E-state index contributed by atoms with van der Waals surface area (Å²) in [6, 6.07) is 0. The Balaban J connectivity index is 2.91. The van der Waals surface area contributed by atoms with Crippen LogP contribution in [0.25, 0.3) is 0 Å². The maximum absolute atomic E-state index is 6.07. The van der Waals surface area contributed by atoms with Gasteiger partial charge in [-0.2, -0.15) is 0 Å². The standard InChI is InChI=1S/C13H28N2/c1-6-12(3,4)15(5)13(10-14)9-7-8-11(13)2/h11H,6-10,14H2,1-5H3. The lowest BCUT2D eigenvalue weighted by Gasteiger charge is -2.50. The molecule has 0 aromatic rings. The molecule has 2 N–H and O–H groups in total. The molecule has 1 fully saturated rings. The minimum atomic E-state index is 0.250. The first-order valence-corrected chi connectivity index (χ1v) is 6.34. The Bertz CT molecular complexity index is 213. The number of rotatable bonds is 4. The van der Waals surface area contributed by atoms with Crippen molar-refractivity contribution >= 4 is 0 Å². The van der Waals surface area contributed by atoms with Crippen LogP contribution in [-0.2, 0) is 0 Å². The maximum atomic E-state index is 6.07. The fraction of sp³-hybridized carbons (Fsp3) is 1.00. The molecule has 15 heavy (non-hydrogen) atoms. The fourth-order valence-electron chi connectivity index (χ4n) is 3.01. The van der Waals surface area contributed by atoms with Gasteiger partial charge in [-0.3, -0.25) is 4.90 Å². The van der Waals surface area contributed by atoms with Crippen molar-refractivity contribution in [2.45, 2.75) is 64.5 Å². The van der Waals surface area contributed by atoms with E-state index < -0.39 is 0 Å². The molecular formula is C13H28N2. The van der Waals surface area contributed by atoms with Gasteiger partial charge >= 0.3 is 0 Å². The van der Waals surface area contributed by atoms with Crippen LogP contribution in [0.3, 0.4) is 0 Å². The van der Waals surface area contributed by atoms with Gasteiger partial charge in [0.2, 0.25) is 0 Å². The number of likely N-dealkylation sites (N-methyl/N-ethyl adjacent to an activating group) is 1. The highest BCUT2D eigenvalue weighted by molar-refractivity contribution is 5.03. The molecule has 0 aromatic carbocycles. The second kappa shape index (κ2) is 4.42. The summed E-state index contributed by atoms with van der Waals surface area (Å²) in [6.45, 7) is 10.1. The topological polar surface area (TPSA) is 29.3 Å². The smallest absolute Gasteiger partial charge is 0.0359 e. The van der Waals surface area contributed by atoms with Gasteiger partial charge in [0, 0.05) is 17.6 Å². The van der Waals surface area contributed by atoms with Crippen molar-refractivity contribution in [3.8, 4) is 0 Å². The first-order chi connectivity index (χ1) is 6.90.